The lowest BCUT2D eigenvalue weighted by molar-refractivity contribution is 0.415. The van der Waals surface area contributed by atoms with E-state index in [4.69, 9.17) is 10.5 Å². The van der Waals surface area contributed by atoms with Gasteiger partial charge >= 0.3 is 0 Å². The zero-order valence-corrected chi connectivity index (χ0v) is 11.3. The van der Waals surface area contributed by atoms with Crippen LogP contribution >= 0.6 is 0 Å². The van der Waals surface area contributed by atoms with E-state index in [0.29, 0.717) is 23.6 Å². The van der Waals surface area contributed by atoms with Crippen LogP contribution in [0, 0.1) is 5.82 Å². The molecule has 0 fully saturated rings. The number of nitrogens with two attached hydrogens (primary N) is 1. The third kappa shape index (κ3) is 2.61. The molecule has 0 aliphatic heterocycles. The number of rotatable bonds is 4. The number of aromatic amines is 1. The first-order valence-electron chi connectivity index (χ1n) is 6.07. The van der Waals surface area contributed by atoms with E-state index in [-0.39, 0.29) is 11.2 Å². The molecule has 5 heteroatoms. The van der Waals surface area contributed by atoms with Gasteiger partial charge in [0.25, 0.3) is 0 Å². The van der Waals surface area contributed by atoms with Crippen LogP contribution in [-0.4, -0.2) is 23.6 Å². The van der Waals surface area contributed by atoms with Crippen LogP contribution in [-0.2, 0) is 5.41 Å². The summed E-state index contributed by atoms with van der Waals surface area (Å²) in [5.41, 5.74) is 6.83. The van der Waals surface area contributed by atoms with Gasteiger partial charge in [0.05, 0.1) is 19.0 Å². The summed E-state index contributed by atoms with van der Waals surface area (Å²) in [5.74, 6) is 1.06. The number of aromatic nitrogens is 2. The first-order valence-corrected chi connectivity index (χ1v) is 6.07. The monoisotopic (exact) mass is 263 g/mol. The van der Waals surface area contributed by atoms with Crippen molar-refractivity contribution in [2.75, 3.05) is 13.7 Å². The molecule has 0 saturated carbocycles. The van der Waals surface area contributed by atoms with Crippen molar-refractivity contribution in [1.82, 2.24) is 9.97 Å². The number of hydrogen-bond donors (Lipinski definition) is 2. The number of halogens is 1. The summed E-state index contributed by atoms with van der Waals surface area (Å²) < 4.78 is 18.6. The normalized spacial score (nSPS) is 11.6. The molecule has 4 nitrogen and oxygen atoms in total. The molecule has 0 saturated heterocycles. The molecule has 0 radical (unpaired) electrons. The Kier molecular flexibility index (Phi) is 3.57. The summed E-state index contributed by atoms with van der Waals surface area (Å²) in [7, 11) is 1.55. The molecule has 1 aromatic carbocycles. The maximum absolute atomic E-state index is 13.4. The standard InChI is InChI=1S/C14H18FN3O/c1-14(2,8-16)13-17-7-11(18-13)10-6-9(15)4-5-12(10)19-3/h4-7H,8,16H2,1-3H3,(H,17,18). The fourth-order valence-electron chi connectivity index (χ4n) is 1.79. The van der Waals surface area contributed by atoms with Gasteiger partial charge in [0.15, 0.2) is 0 Å². The summed E-state index contributed by atoms with van der Waals surface area (Å²) in [6, 6.07) is 4.38. The molecule has 1 heterocycles. The van der Waals surface area contributed by atoms with Crippen LogP contribution in [0.5, 0.6) is 5.75 Å². The molecule has 102 valence electrons. The lowest BCUT2D eigenvalue weighted by Crippen LogP contribution is -2.29. The van der Waals surface area contributed by atoms with Gasteiger partial charge in [-0.05, 0) is 18.2 Å². The molecule has 0 spiro atoms. The van der Waals surface area contributed by atoms with Crippen LogP contribution in [0.2, 0.25) is 0 Å². The van der Waals surface area contributed by atoms with Gasteiger partial charge in [0, 0.05) is 17.5 Å². The van der Waals surface area contributed by atoms with Crippen LogP contribution in [0.1, 0.15) is 19.7 Å². The number of imidazole rings is 1. The number of nitrogens with zero attached hydrogens (tertiary/aromatic N) is 1. The van der Waals surface area contributed by atoms with Crippen LogP contribution in [0.3, 0.4) is 0 Å². The highest BCUT2D eigenvalue weighted by atomic mass is 19.1. The van der Waals surface area contributed by atoms with Gasteiger partial charge in [-0.2, -0.15) is 0 Å². The minimum atomic E-state index is -0.315. The third-order valence-corrected chi connectivity index (χ3v) is 3.18. The van der Waals surface area contributed by atoms with Crippen molar-refractivity contribution in [1.29, 1.82) is 0 Å². The van der Waals surface area contributed by atoms with Gasteiger partial charge in [-0.3, -0.25) is 0 Å². The molecule has 0 amide bonds. The quantitative estimate of drug-likeness (QED) is 0.890. The van der Waals surface area contributed by atoms with Crippen LogP contribution in [0.15, 0.2) is 24.4 Å². The Bertz CT molecular complexity index is 578. The Morgan fingerprint density at radius 3 is 2.79 bits per heavy atom. The minimum absolute atomic E-state index is 0.251. The molecule has 0 aliphatic rings. The van der Waals surface area contributed by atoms with E-state index in [1.807, 2.05) is 13.8 Å². The molecule has 2 aromatic rings. The zero-order chi connectivity index (χ0) is 14.0. The molecule has 2 rings (SSSR count). The summed E-state index contributed by atoms with van der Waals surface area (Å²) in [5, 5.41) is 0. The summed E-state index contributed by atoms with van der Waals surface area (Å²) in [4.78, 5) is 7.51. The van der Waals surface area contributed by atoms with E-state index in [1.165, 1.54) is 12.1 Å². The number of benzene rings is 1. The predicted molar refractivity (Wildman–Crippen MR) is 72.6 cm³/mol. The summed E-state index contributed by atoms with van der Waals surface area (Å²) in [6.45, 7) is 4.47. The number of hydrogen-bond acceptors (Lipinski definition) is 3. The molecule has 1 aromatic heterocycles. The molecule has 0 atom stereocenters. The van der Waals surface area contributed by atoms with E-state index in [9.17, 15) is 4.39 Å². The molecule has 0 unspecified atom stereocenters. The molecule has 0 bridgehead atoms. The Labute approximate surface area is 111 Å². The highest BCUT2D eigenvalue weighted by Crippen LogP contribution is 2.30. The third-order valence-electron chi connectivity index (χ3n) is 3.18. The fraction of sp³-hybridized carbons (Fsp3) is 0.357. The topological polar surface area (TPSA) is 63.9 Å². The second kappa shape index (κ2) is 5.01. The number of methoxy groups -OCH3 is 1. The summed E-state index contributed by atoms with van der Waals surface area (Å²) in [6.07, 6.45) is 1.67. The van der Waals surface area contributed by atoms with E-state index < -0.39 is 0 Å². The van der Waals surface area contributed by atoms with Gasteiger partial charge < -0.3 is 15.5 Å². The van der Waals surface area contributed by atoms with Crippen molar-refractivity contribution in [2.45, 2.75) is 19.3 Å². The second-order valence-electron chi connectivity index (χ2n) is 5.08. The molecule has 19 heavy (non-hydrogen) atoms. The van der Waals surface area contributed by atoms with Crippen molar-refractivity contribution >= 4 is 0 Å². The number of H-pyrrole nitrogens is 1. The Morgan fingerprint density at radius 2 is 2.16 bits per heavy atom. The minimum Gasteiger partial charge on any atom is -0.496 e. The summed E-state index contributed by atoms with van der Waals surface area (Å²) >= 11 is 0. The smallest absolute Gasteiger partial charge is 0.128 e. The first-order chi connectivity index (χ1) is 8.97. The second-order valence-corrected chi connectivity index (χ2v) is 5.08. The molecular formula is C14H18FN3O. The Hall–Kier alpha value is -1.88. The average molecular weight is 263 g/mol. The van der Waals surface area contributed by atoms with Crippen molar-refractivity contribution in [3.8, 4) is 17.0 Å². The maximum Gasteiger partial charge on any atom is 0.128 e. The van der Waals surface area contributed by atoms with Gasteiger partial charge in [0.2, 0.25) is 0 Å². The van der Waals surface area contributed by atoms with E-state index in [1.54, 1.807) is 19.4 Å². The van der Waals surface area contributed by atoms with Crippen molar-refractivity contribution in [3.05, 3.63) is 36.0 Å². The van der Waals surface area contributed by atoms with Gasteiger partial charge in [-0.1, -0.05) is 13.8 Å². The zero-order valence-electron chi connectivity index (χ0n) is 11.3. The van der Waals surface area contributed by atoms with Crippen molar-refractivity contribution in [2.24, 2.45) is 5.73 Å². The largest absolute Gasteiger partial charge is 0.496 e. The van der Waals surface area contributed by atoms with Crippen LogP contribution in [0.25, 0.3) is 11.3 Å². The lowest BCUT2D eigenvalue weighted by atomic mass is 9.93. The molecular weight excluding hydrogens is 245 g/mol. The maximum atomic E-state index is 13.4. The Balaban J connectivity index is 2.46. The van der Waals surface area contributed by atoms with E-state index >= 15 is 0 Å². The average Bonchev–Trinajstić information content (AvgIpc) is 2.89. The van der Waals surface area contributed by atoms with Gasteiger partial charge in [-0.15, -0.1) is 0 Å². The van der Waals surface area contributed by atoms with Crippen molar-refractivity contribution < 1.29 is 9.13 Å². The highest BCUT2D eigenvalue weighted by molar-refractivity contribution is 5.66. The van der Waals surface area contributed by atoms with Crippen molar-refractivity contribution in [3.63, 3.8) is 0 Å². The Morgan fingerprint density at radius 1 is 1.42 bits per heavy atom. The number of ether oxygens (including phenoxy) is 1. The van der Waals surface area contributed by atoms with Gasteiger partial charge in [0.1, 0.15) is 17.4 Å². The fourth-order valence-corrected chi connectivity index (χ4v) is 1.79. The van der Waals surface area contributed by atoms with Crippen LogP contribution in [0.4, 0.5) is 4.39 Å². The molecule has 3 N–H and O–H groups in total. The van der Waals surface area contributed by atoms with Gasteiger partial charge in [-0.25, -0.2) is 9.37 Å². The number of nitrogens with one attached hydrogen (secondary N) is 1. The SMILES string of the molecule is COc1ccc(F)cc1-c1cnc(C(C)(C)CN)[nH]1. The van der Waals surface area contributed by atoms with E-state index in [0.717, 1.165) is 5.82 Å². The van der Waals surface area contributed by atoms with E-state index in [2.05, 4.69) is 9.97 Å². The first kappa shape index (κ1) is 13.5. The lowest BCUT2D eigenvalue weighted by Gasteiger charge is -2.19. The highest BCUT2D eigenvalue weighted by Gasteiger charge is 2.23. The van der Waals surface area contributed by atoms with Crippen LogP contribution < -0.4 is 10.5 Å². The molecule has 0 aliphatic carbocycles. The predicted octanol–water partition coefficient (Wildman–Crippen LogP) is 2.46.